The number of nitrogens with one attached hydrogen (secondary N) is 2. The maximum absolute atomic E-state index is 11.4. The van der Waals surface area contributed by atoms with Crippen molar-refractivity contribution in [3.63, 3.8) is 0 Å². The lowest BCUT2D eigenvalue weighted by Gasteiger charge is -2.18. The molecule has 7 nitrogen and oxygen atoms in total. The van der Waals surface area contributed by atoms with Gasteiger partial charge in [0.2, 0.25) is 0 Å². The molecular weight excluding hydrogens is 322 g/mol. The third-order valence-corrected chi connectivity index (χ3v) is 3.04. The largest absolute Gasteiger partial charge is 0.442 e. The molecule has 0 bridgehead atoms. The minimum Gasteiger partial charge on any atom is -0.442 e. The standard InChI is InChI=1S/C18H21N3O4/c1-18(2,3)24-17(23)21-25-16(22)20-12-19-11-14-9-6-8-13-7-4-5-10-15(13)14/h4-10,12H,11H2,1-3H3,(H,21,23)(H,19,20,22). The highest BCUT2D eigenvalue weighted by molar-refractivity contribution is 5.86. The second kappa shape index (κ2) is 8.14. The molecule has 132 valence electrons. The molecule has 0 aromatic heterocycles. The van der Waals surface area contributed by atoms with Gasteiger partial charge in [0.25, 0.3) is 0 Å². The van der Waals surface area contributed by atoms with Crippen molar-refractivity contribution in [1.29, 1.82) is 0 Å². The second-order valence-electron chi connectivity index (χ2n) is 6.25. The molecule has 0 saturated heterocycles. The van der Waals surface area contributed by atoms with E-state index in [0.29, 0.717) is 6.54 Å². The predicted octanol–water partition coefficient (Wildman–Crippen LogP) is 3.53. The highest BCUT2D eigenvalue weighted by atomic mass is 16.7. The fourth-order valence-corrected chi connectivity index (χ4v) is 2.09. The first-order chi connectivity index (χ1) is 11.8. The van der Waals surface area contributed by atoms with Crippen LogP contribution in [0.3, 0.4) is 0 Å². The number of carbonyl (C=O) groups is 2. The van der Waals surface area contributed by atoms with E-state index in [1.54, 1.807) is 20.8 Å². The quantitative estimate of drug-likeness (QED) is 0.507. The summed E-state index contributed by atoms with van der Waals surface area (Å²) < 4.78 is 4.92. The van der Waals surface area contributed by atoms with Crippen molar-refractivity contribution < 1.29 is 19.2 Å². The third-order valence-electron chi connectivity index (χ3n) is 3.04. The Morgan fingerprint density at radius 2 is 1.80 bits per heavy atom. The minimum atomic E-state index is -0.868. The van der Waals surface area contributed by atoms with Crippen molar-refractivity contribution in [2.45, 2.75) is 32.9 Å². The van der Waals surface area contributed by atoms with Crippen LogP contribution in [0.25, 0.3) is 10.8 Å². The highest BCUT2D eigenvalue weighted by Crippen LogP contribution is 2.18. The molecule has 0 heterocycles. The van der Waals surface area contributed by atoms with Gasteiger partial charge in [0.1, 0.15) is 5.60 Å². The van der Waals surface area contributed by atoms with Crippen LogP contribution in [0, 0.1) is 0 Å². The molecule has 0 spiro atoms. The van der Waals surface area contributed by atoms with Gasteiger partial charge in [0.05, 0.1) is 12.9 Å². The number of hydrogen-bond acceptors (Lipinski definition) is 5. The molecule has 2 aromatic carbocycles. The molecule has 2 N–H and O–H groups in total. The van der Waals surface area contributed by atoms with Crippen LogP contribution in [-0.2, 0) is 16.1 Å². The number of amides is 2. The Morgan fingerprint density at radius 3 is 2.56 bits per heavy atom. The number of fused-ring (bicyclic) bond motifs is 1. The molecular formula is C18H21N3O4. The van der Waals surface area contributed by atoms with Crippen LogP contribution in [0.2, 0.25) is 0 Å². The fraction of sp³-hybridized carbons (Fsp3) is 0.278. The van der Waals surface area contributed by atoms with Gasteiger partial charge in [0.15, 0.2) is 0 Å². The van der Waals surface area contributed by atoms with Crippen molar-refractivity contribution in [3.8, 4) is 0 Å². The zero-order valence-corrected chi connectivity index (χ0v) is 14.4. The van der Waals surface area contributed by atoms with Gasteiger partial charge in [-0.3, -0.25) is 10.3 Å². The van der Waals surface area contributed by atoms with E-state index in [4.69, 9.17) is 4.74 Å². The summed E-state index contributed by atoms with van der Waals surface area (Å²) in [5.74, 6) is 0. The zero-order valence-electron chi connectivity index (χ0n) is 14.4. The van der Waals surface area contributed by atoms with Crippen LogP contribution in [0.15, 0.2) is 47.5 Å². The van der Waals surface area contributed by atoms with Crippen LogP contribution in [0.5, 0.6) is 0 Å². The molecule has 0 saturated carbocycles. The molecule has 2 rings (SSSR count). The number of hydroxylamine groups is 1. The van der Waals surface area contributed by atoms with Gasteiger partial charge >= 0.3 is 12.2 Å². The van der Waals surface area contributed by atoms with Crippen molar-refractivity contribution in [3.05, 3.63) is 48.0 Å². The summed E-state index contributed by atoms with van der Waals surface area (Å²) in [6.45, 7) is 5.51. The maximum atomic E-state index is 11.4. The molecule has 0 aliphatic heterocycles. The van der Waals surface area contributed by atoms with E-state index >= 15 is 0 Å². The molecule has 0 fully saturated rings. The van der Waals surface area contributed by atoms with Gasteiger partial charge in [-0.2, -0.15) is 0 Å². The molecule has 0 aliphatic rings. The summed E-state index contributed by atoms with van der Waals surface area (Å²) in [5.41, 5.74) is 2.25. The van der Waals surface area contributed by atoms with Crippen LogP contribution >= 0.6 is 0 Å². The molecule has 0 aliphatic carbocycles. The smallest absolute Gasteiger partial charge is 0.441 e. The van der Waals surface area contributed by atoms with Crippen molar-refractivity contribution >= 4 is 29.3 Å². The topological polar surface area (TPSA) is 89.0 Å². The van der Waals surface area contributed by atoms with E-state index < -0.39 is 17.8 Å². The number of ether oxygens (including phenoxy) is 1. The monoisotopic (exact) mass is 343 g/mol. The van der Waals surface area contributed by atoms with Crippen LogP contribution in [0.4, 0.5) is 9.59 Å². The summed E-state index contributed by atoms with van der Waals surface area (Å²) in [7, 11) is 0. The van der Waals surface area contributed by atoms with Crippen LogP contribution in [-0.4, -0.2) is 24.1 Å². The second-order valence-corrected chi connectivity index (χ2v) is 6.25. The van der Waals surface area contributed by atoms with Gasteiger partial charge in [-0.15, -0.1) is 5.48 Å². The van der Waals surface area contributed by atoms with Crippen LogP contribution in [0.1, 0.15) is 26.3 Å². The fourth-order valence-electron chi connectivity index (χ4n) is 2.09. The number of rotatable bonds is 3. The average molecular weight is 343 g/mol. The third kappa shape index (κ3) is 6.14. The lowest BCUT2D eigenvalue weighted by molar-refractivity contribution is 0.0157. The lowest BCUT2D eigenvalue weighted by Crippen LogP contribution is -2.36. The van der Waals surface area contributed by atoms with Crippen LogP contribution < -0.4 is 10.8 Å². The van der Waals surface area contributed by atoms with E-state index in [1.165, 1.54) is 6.34 Å². The molecule has 2 amide bonds. The summed E-state index contributed by atoms with van der Waals surface area (Å²) >= 11 is 0. The lowest BCUT2D eigenvalue weighted by atomic mass is 10.1. The Labute approximate surface area is 146 Å². The first kappa shape index (κ1) is 18.3. The first-order valence-corrected chi connectivity index (χ1v) is 7.76. The summed E-state index contributed by atoms with van der Waals surface area (Å²) in [6.07, 6.45) is -0.496. The Kier molecular flexibility index (Phi) is 5.94. The molecule has 0 radical (unpaired) electrons. The molecule has 0 atom stereocenters. The Hall–Kier alpha value is -3.09. The van der Waals surface area contributed by atoms with Gasteiger partial charge in [-0.1, -0.05) is 42.5 Å². The summed E-state index contributed by atoms with van der Waals surface area (Å²) in [6, 6.07) is 14.0. The van der Waals surface area contributed by atoms with E-state index in [9.17, 15) is 9.59 Å². The average Bonchev–Trinajstić information content (AvgIpc) is 2.55. The van der Waals surface area contributed by atoms with E-state index in [2.05, 4.69) is 15.1 Å². The van der Waals surface area contributed by atoms with E-state index in [0.717, 1.165) is 16.3 Å². The molecule has 25 heavy (non-hydrogen) atoms. The van der Waals surface area contributed by atoms with E-state index in [-0.39, 0.29) is 0 Å². The van der Waals surface area contributed by atoms with Gasteiger partial charge < -0.3 is 9.57 Å². The van der Waals surface area contributed by atoms with Crippen molar-refractivity contribution in [2.75, 3.05) is 0 Å². The Bertz CT molecular complexity index is 776. The zero-order chi connectivity index (χ0) is 18.3. The Balaban J connectivity index is 1.79. The number of nitrogens with zero attached hydrogens (tertiary/aromatic N) is 1. The Morgan fingerprint density at radius 1 is 1.08 bits per heavy atom. The predicted molar refractivity (Wildman–Crippen MR) is 95.1 cm³/mol. The number of carbonyl (C=O) groups excluding carboxylic acids is 2. The van der Waals surface area contributed by atoms with E-state index in [1.807, 2.05) is 47.9 Å². The number of benzene rings is 2. The molecule has 2 aromatic rings. The van der Waals surface area contributed by atoms with Gasteiger partial charge in [-0.05, 0) is 37.1 Å². The first-order valence-electron chi connectivity index (χ1n) is 7.76. The maximum Gasteiger partial charge on any atom is 0.441 e. The van der Waals surface area contributed by atoms with Gasteiger partial charge in [-0.25, -0.2) is 9.59 Å². The minimum absolute atomic E-state index is 0.404. The molecule has 0 unspecified atom stereocenters. The number of aliphatic imine (C=N–C) groups is 1. The van der Waals surface area contributed by atoms with Crippen molar-refractivity contribution in [2.24, 2.45) is 4.99 Å². The summed E-state index contributed by atoms with van der Waals surface area (Å²) in [4.78, 5) is 31.4. The summed E-state index contributed by atoms with van der Waals surface area (Å²) in [5, 5.41) is 4.53. The normalized spacial score (nSPS) is 11.3. The van der Waals surface area contributed by atoms with Crippen molar-refractivity contribution in [1.82, 2.24) is 10.8 Å². The molecule has 7 heteroatoms. The van der Waals surface area contributed by atoms with Gasteiger partial charge in [0, 0.05) is 0 Å². The highest BCUT2D eigenvalue weighted by Gasteiger charge is 2.17. The number of hydrogen-bond donors (Lipinski definition) is 2. The SMILES string of the molecule is CC(C)(C)OC(=O)NOC(=O)NC=NCc1cccc2ccccc12.